The fourth-order valence-electron chi connectivity index (χ4n) is 1.44. The van der Waals surface area contributed by atoms with E-state index in [-0.39, 0.29) is 11.3 Å². The molecule has 0 aliphatic heterocycles. The predicted molar refractivity (Wildman–Crippen MR) is 62.8 cm³/mol. The van der Waals surface area contributed by atoms with Crippen LogP contribution in [0.5, 0.6) is 0 Å². The Morgan fingerprint density at radius 2 is 1.87 bits per heavy atom. The lowest BCUT2D eigenvalue weighted by Gasteiger charge is -2.25. The summed E-state index contributed by atoms with van der Waals surface area (Å²) in [5, 5.41) is 2.93. The van der Waals surface area contributed by atoms with Crippen molar-refractivity contribution in [2.45, 2.75) is 32.6 Å². The maximum absolute atomic E-state index is 11.2. The van der Waals surface area contributed by atoms with E-state index in [2.05, 4.69) is 31.3 Å². The number of hydrogen-bond acceptors (Lipinski definition) is 1. The molecule has 2 heteroatoms. The van der Waals surface area contributed by atoms with Gasteiger partial charge in [0.1, 0.15) is 0 Å². The van der Waals surface area contributed by atoms with Crippen LogP contribution in [0.4, 0.5) is 0 Å². The second-order valence-corrected chi connectivity index (χ2v) is 4.38. The molecule has 1 aromatic carbocycles. The first-order valence-electron chi connectivity index (χ1n) is 5.38. The molecular weight excluding hydrogens is 186 g/mol. The van der Waals surface area contributed by atoms with Gasteiger partial charge in [-0.15, -0.1) is 0 Å². The van der Waals surface area contributed by atoms with E-state index in [1.165, 1.54) is 5.56 Å². The summed E-state index contributed by atoms with van der Waals surface area (Å²) in [5.41, 5.74) is 1.24. The minimum absolute atomic E-state index is 0.00785. The normalized spacial score (nSPS) is 11.1. The molecule has 0 heterocycles. The standard InChI is InChI=1S/C13H19NO/c1-4-12(15)14-10-13(2,3)11-8-6-5-7-9-11/h5-9H,4,10H2,1-3H3,(H,14,15). The van der Waals surface area contributed by atoms with Crippen LogP contribution in [0.2, 0.25) is 0 Å². The van der Waals surface area contributed by atoms with Gasteiger partial charge in [-0.05, 0) is 5.56 Å². The summed E-state index contributed by atoms with van der Waals surface area (Å²) in [5.74, 6) is 0.110. The van der Waals surface area contributed by atoms with Crippen LogP contribution in [0.3, 0.4) is 0 Å². The monoisotopic (exact) mass is 205 g/mol. The van der Waals surface area contributed by atoms with Crippen LogP contribution in [-0.2, 0) is 10.2 Å². The average molecular weight is 205 g/mol. The third-order valence-corrected chi connectivity index (χ3v) is 2.60. The number of hydrogen-bond donors (Lipinski definition) is 1. The summed E-state index contributed by atoms with van der Waals surface area (Å²) in [6.07, 6.45) is 0.546. The SMILES string of the molecule is CCC(=O)NCC(C)(C)c1ccccc1. The molecule has 1 N–H and O–H groups in total. The van der Waals surface area contributed by atoms with Gasteiger partial charge in [-0.2, -0.15) is 0 Å². The van der Waals surface area contributed by atoms with Crippen LogP contribution < -0.4 is 5.32 Å². The maximum atomic E-state index is 11.2. The Morgan fingerprint density at radius 3 is 2.40 bits per heavy atom. The van der Waals surface area contributed by atoms with E-state index in [1.54, 1.807) is 0 Å². The quantitative estimate of drug-likeness (QED) is 0.804. The van der Waals surface area contributed by atoms with Gasteiger partial charge in [0, 0.05) is 18.4 Å². The van der Waals surface area contributed by atoms with Crippen molar-refractivity contribution < 1.29 is 4.79 Å². The molecule has 1 amide bonds. The van der Waals surface area contributed by atoms with Gasteiger partial charge in [0.05, 0.1) is 0 Å². The molecule has 0 aromatic heterocycles. The Kier molecular flexibility index (Phi) is 3.89. The first-order chi connectivity index (χ1) is 7.06. The molecule has 0 atom stereocenters. The molecule has 82 valence electrons. The summed E-state index contributed by atoms with van der Waals surface area (Å²) in [6, 6.07) is 10.2. The molecule has 0 radical (unpaired) electrons. The highest BCUT2D eigenvalue weighted by Crippen LogP contribution is 2.21. The first kappa shape index (κ1) is 11.8. The number of amides is 1. The zero-order chi connectivity index (χ0) is 11.3. The highest BCUT2D eigenvalue weighted by molar-refractivity contribution is 5.75. The van der Waals surface area contributed by atoms with Gasteiger partial charge in [0.2, 0.25) is 5.91 Å². The summed E-state index contributed by atoms with van der Waals surface area (Å²) in [4.78, 5) is 11.2. The smallest absolute Gasteiger partial charge is 0.219 e. The minimum atomic E-state index is -0.00785. The fourth-order valence-corrected chi connectivity index (χ4v) is 1.44. The highest BCUT2D eigenvalue weighted by Gasteiger charge is 2.20. The number of rotatable bonds is 4. The predicted octanol–water partition coefficient (Wildman–Crippen LogP) is 2.49. The van der Waals surface area contributed by atoms with Crippen molar-refractivity contribution >= 4 is 5.91 Å². The van der Waals surface area contributed by atoms with Gasteiger partial charge in [-0.3, -0.25) is 4.79 Å². The van der Waals surface area contributed by atoms with E-state index >= 15 is 0 Å². The Balaban J connectivity index is 2.63. The van der Waals surface area contributed by atoms with Gasteiger partial charge in [-0.25, -0.2) is 0 Å². The van der Waals surface area contributed by atoms with Gasteiger partial charge in [-0.1, -0.05) is 51.1 Å². The van der Waals surface area contributed by atoms with E-state index in [1.807, 2.05) is 25.1 Å². The zero-order valence-corrected chi connectivity index (χ0v) is 9.71. The van der Waals surface area contributed by atoms with Gasteiger partial charge in [0.15, 0.2) is 0 Å². The number of benzene rings is 1. The Morgan fingerprint density at radius 1 is 1.27 bits per heavy atom. The lowest BCUT2D eigenvalue weighted by atomic mass is 9.84. The van der Waals surface area contributed by atoms with Crippen LogP contribution in [0.15, 0.2) is 30.3 Å². The van der Waals surface area contributed by atoms with E-state index in [9.17, 15) is 4.79 Å². The molecule has 0 saturated heterocycles. The van der Waals surface area contributed by atoms with Crippen molar-refractivity contribution in [3.05, 3.63) is 35.9 Å². The topological polar surface area (TPSA) is 29.1 Å². The van der Waals surface area contributed by atoms with Crippen molar-refractivity contribution in [3.63, 3.8) is 0 Å². The molecule has 0 unspecified atom stereocenters. The second-order valence-electron chi connectivity index (χ2n) is 4.38. The molecule has 15 heavy (non-hydrogen) atoms. The summed E-state index contributed by atoms with van der Waals surface area (Å²) < 4.78 is 0. The minimum Gasteiger partial charge on any atom is -0.355 e. The second kappa shape index (κ2) is 4.96. The summed E-state index contributed by atoms with van der Waals surface area (Å²) in [6.45, 7) is 6.82. The molecule has 1 aromatic rings. The van der Waals surface area contributed by atoms with Crippen molar-refractivity contribution in [3.8, 4) is 0 Å². The molecule has 2 nitrogen and oxygen atoms in total. The molecule has 0 bridgehead atoms. The maximum Gasteiger partial charge on any atom is 0.219 e. The van der Waals surface area contributed by atoms with E-state index < -0.39 is 0 Å². The zero-order valence-electron chi connectivity index (χ0n) is 9.71. The third-order valence-electron chi connectivity index (χ3n) is 2.60. The molecule has 0 aliphatic carbocycles. The summed E-state index contributed by atoms with van der Waals surface area (Å²) >= 11 is 0. The van der Waals surface area contributed by atoms with E-state index in [4.69, 9.17) is 0 Å². The lowest BCUT2D eigenvalue weighted by Crippen LogP contribution is -2.36. The van der Waals surface area contributed by atoms with Crippen molar-refractivity contribution in [2.75, 3.05) is 6.54 Å². The van der Waals surface area contributed by atoms with Crippen molar-refractivity contribution in [2.24, 2.45) is 0 Å². The fraction of sp³-hybridized carbons (Fsp3) is 0.462. The van der Waals surface area contributed by atoms with Crippen LogP contribution in [0.25, 0.3) is 0 Å². The largest absolute Gasteiger partial charge is 0.355 e. The van der Waals surface area contributed by atoms with Crippen LogP contribution >= 0.6 is 0 Å². The van der Waals surface area contributed by atoms with Crippen LogP contribution in [-0.4, -0.2) is 12.5 Å². The molecule has 0 fully saturated rings. The van der Waals surface area contributed by atoms with Crippen LogP contribution in [0.1, 0.15) is 32.8 Å². The van der Waals surface area contributed by atoms with Crippen molar-refractivity contribution in [1.29, 1.82) is 0 Å². The Labute approximate surface area is 91.7 Å². The molecule has 1 rings (SSSR count). The lowest BCUT2D eigenvalue weighted by molar-refractivity contribution is -0.121. The third kappa shape index (κ3) is 3.39. The highest BCUT2D eigenvalue weighted by atomic mass is 16.1. The van der Waals surface area contributed by atoms with Crippen molar-refractivity contribution in [1.82, 2.24) is 5.32 Å². The van der Waals surface area contributed by atoms with E-state index in [0.717, 1.165) is 0 Å². The van der Waals surface area contributed by atoms with Gasteiger partial charge >= 0.3 is 0 Å². The summed E-state index contributed by atoms with van der Waals surface area (Å²) in [7, 11) is 0. The van der Waals surface area contributed by atoms with Gasteiger partial charge < -0.3 is 5.32 Å². The van der Waals surface area contributed by atoms with Crippen LogP contribution in [0, 0.1) is 0 Å². The number of carbonyl (C=O) groups excluding carboxylic acids is 1. The number of nitrogens with one attached hydrogen (secondary N) is 1. The Hall–Kier alpha value is -1.31. The average Bonchev–Trinajstić information content (AvgIpc) is 2.27. The Bertz CT molecular complexity index is 317. The van der Waals surface area contributed by atoms with Gasteiger partial charge in [0.25, 0.3) is 0 Å². The first-order valence-corrected chi connectivity index (χ1v) is 5.38. The molecular formula is C13H19NO. The molecule has 0 spiro atoms. The van der Waals surface area contributed by atoms with E-state index in [0.29, 0.717) is 13.0 Å². The molecule has 0 aliphatic rings. The molecule has 0 saturated carbocycles. The number of carbonyl (C=O) groups is 1.